The molecule has 2 rings (SSSR count). The third-order valence-corrected chi connectivity index (χ3v) is 5.09. The third kappa shape index (κ3) is 3.71. The SMILES string of the molecule is CN1CCN(C(=O)CS(=O)c2ccc(N)cc2Cl)CC1. The van der Waals surface area contributed by atoms with E-state index in [1.807, 2.05) is 7.05 Å². The van der Waals surface area contributed by atoms with E-state index in [0.717, 1.165) is 13.1 Å². The van der Waals surface area contributed by atoms with Crippen molar-refractivity contribution < 1.29 is 9.00 Å². The molecule has 1 aliphatic rings. The lowest BCUT2D eigenvalue weighted by Gasteiger charge is -2.32. The fraction of sp³-hybridized carbons (Fsp3) is 0.462. The number of hydrogen-bond donors (Lipinski definition) is 1. The standard InChI is InChI=1S/C13H18ClN3O2S/c1-16-4-6-17(7-5-16)13(18)9-20(19)12-3-2-10(15)8-11(12)14/h2-3,8H,4-7,9,15H2,1H3. The number of rotatable bonds is 3. The molecule has 0 saturated carbocycles. The van der Waals surface area contributed by atoms with Gasteiger partial charge in [-0.2, -0.15) is 0 Å². The van der Waals surface area contributed by atoms with Crippen molar-refractivity contribution in [2.75, 3.05) is 44.7 Å². The minimum atomic E-state index is -1.44. The first-order valence-corrected chi connectivity index (χ1v) is 8.07. The second-order valence-corrected chi connectivity index (χ2v) is 6.69. The van der Waals surface area contributed by atoms with Crippen LogP contribution in [0.15, 0.2) is 23.1 Å². The van der Waals surface area contributed by atoms with Crippen molar-refractivity contribution in [1.29, 1.82) is 0 Å². The maximum absolute atomic E-state index is 12.2. The predicted molar refractivity (Wildman–Crippen MR) is 81.2 cm³/mol. The Bertz CT molecular complexity index is 530. The summed E-state index contributed by atoms with van der Waals surface area (Å²) in [7, 11) is 0.586. The molecule has 1 atom stereocenters. The van der Waals surface area contributed by atoms with E-state index in [1.54, 1.807) is 23.1 Å². The molecule has 1 aromatic carbocycles. The summed E-state index contributed by atoms with van der Waals surface area (Å²) in [6, 6.07) is 4.81. The Morgan fingerprint density at radius 1 is 1.35 bits per heavy atom. The van der Waals surface area contributed by atoms with Crippen LogP contribution in [0.3, 0.4) is 0 Å². The van der Waals surface area contributed by atoms with Crippen molar-refractivity contribution in [1.82, 2.24) is 9.80 Å². The number of nitrogens with zero attached hydrogens (tertiary/aromatic N) is 2. The van der Waals surface area contributed by atoms with E-state index in [1.165, 1.54) is 0 Å². The molecule has 1 heterocycles. The molecule has 1 unspecified atom stereocenters. The normalized spacial score (nSPS) is 18.0. The Labute approximate surface area is 126 Å². The number of amides is 1. The Morgan fingerprint density at radius 2 is 2.00 bits per heavy atom. The van der Waals surface area contributed by atoms with Crippen molar-refractivity contribution in [3.05, 3.63) is 23.2 Å². The summed E-state index contributed by atoms with van der Waals surface area (Å²) in [6.07, 6.45) is 0. The number of carbonyl (C=O) groups excluding carboxylic acids is 1. The van der Waals surface area contributed by atoms with Crippen LogP contribution in [0.1, 0.15) is 0 Å². The molecule has 1 fully saturated rings. The molecule has 0 spiro atoms. The quantitative estimate of drug-likeness (QED) is 0.838. The average molecular weight is 316 g/mol. The van der Waals surface area contributed by atoms with E-state index < -0.39 is 10.8 Å². The largest absolute Gasteiger partial charge is 0.399 e. The van der Waals surface area contributed by atoms with Gasteiger partial charge in [0.2, 0.25) is 5.91 Å². The van der Waals surface area contributed by atoms with Crippen LogP contribution in [-0.4, -0.2) is 58.9 Å². The topological polar surface area (TPSA) is 66.6 Å². The third-order valence-electron chi connectivity index (χ3n) is 3.31. The number of benzene rings is 1. The zero-order chi connectivity index (χ0) is 14.7. The van der Waals surface area contributed by atoms with Gasteiger partial charge in [0, 0.05) is 31.9 Å². The van der Waals surface area contributed by atoms with Gasteiger partial charge in [-0.1, -0.05) is 11.6 Å². The molecule has 5 nitrogen and oxygen atoms in total. The summed E-state index contributed by atoms with van der Waals surface area (Å²) in [6.45, 7) is 3.06. The first kappa shape index (κ1) is 15.3. The summed E-state index contributed by atoms with van der Waals surface area (Å²) in [5.74, 6) is -0.128. The summed E-state index contributed by atoms with van der Waals surface area (Å²) in [5.41, 5.74) is 6.11. The van der Waals surface area contributed by atoms with E-state index in [2.05, 4.69) is 4.90 Å². The Balaban J connectivity index is 1.99. The van der Waals surface area contributed by atoms with E-state index in [4.69, 9.17) is 17.3 Å². The predicted octanol–water partition coefficient (Wildman–Crippen LogP) is 0.804. The maximum Gasteiger partial charge on any atom is 0.235 e. The molecule has 110 valence electrons. The highest BCUT2D eigenvalue weighted by atomic mass is 35.5. The summed E-state index contributed by atoms with van der Waals surface area (Å²) < 4.78 is 12.2. The number of hydrogen-bond acceptors (Lipinski definition) is 4. The van der Waals surface area contributed by atoms with E-state index >= 15 is 0 Å². The minimum absolute atomic E-state index is 0.0344. The molecule has 1 amide bonds. The van der Waals surface area contributed by atoms with Crippen LogP contribution in [0.4, 0.5) is 5.69 Å². The van der Waals surface area contributed by atoms with Crippen LogP contribution in [0, 0.1) is 0 Å². The summed E-state index contributed by atoms with van der Waals surface area (Å²) in [4.78, 5) is 16.5. The van der Waals surface area contributed by atoms with Crippen molar-refractivity contribution in [2.45, 2.75) is 4.90 Å². The second kappa shape index (κ2) is 6.56. The second-order valence-electron chi connectivity index (χ2n) is 4.86. The zero-order valence-corrected chi connectivity index (χ0v) is 12.9. The highest BCUT2D eigenvalue weighted by molar-refractivity contribution is 7.85. The van der Waals surface area contributed by atoms with Crippen LogP contribution in [0.2, 0.25) is 5.02 Å². The fourth-order valence-electron chi connectivity index (χ4n) is 2.04. The lowest BCUT2D eigenvalue weighted by atomic mass is 10.3. The fourth-order valence-corrected chi connectivity index (χ4v) is 3.54. The summed E-state index contributed by atoms with van der Waals surface area (Å²) in [5, 5.41) is 0.342. The lowest BCUT2D eigenvalue weighted by molar-refractivity contribution is -0.129. The van der Waals surface area contributed by atoms with Crippen LogP contribution in [-0.2, 0) is 15.6 Å². The lowest BCUT2D eigenvalue weighted by Crippen LogP contribution is -2.48. The Morgan fingerprint density at radius 3 is 2.60 bits per heavy atom. The van der Waals surface area contributed by atoms with E-state index in [9.17, 15) is 9.00 Å². The molecular formula is C13H18ClN3O2S. The number of likely N-dealkylation sites (N-methyl/N-ethyl adjacent to an activating group) is 1. The molecule has 0 aliphatic carbocycles. The minimum Gasteiger partial charge on any atom is -0.399 e. The molecule has 7 heteroatoms. The monoisotopic (exact) mass is 315 g/mol. The average Bonchev–Trinajstić information content (AvgIpc) is 2.39. The molecular weight excluding hydrogens is 298 g/mol. The van der Waals surface area contributed by atoms with E-state index in [-0.39, 0.29) is 11.7 Å². The molecule has 20 heavy (non-hydrogen) atoms. The Kier molecular flexibility index (Phi) is 5.01. The molecule has 1 saturated heterocycles. The number of halogens is 1. The van der Waals surface area contributed by atoms with Crippen molar-refractivity contribution in [3.63, 3.8) is 0 Å². The van der Waals surface area contributed by atoms with Gasteiger partial charge in [0.1, 0.15) is 5.75 Å². The maximum atomic E-state index is 12.2. The van der Waals surface area contributed by atoms with Crippen LogP contribution in [0.25, 0.3) is 0 Å². The van der Waals surface area contributed by atoms with Gasteiger partial charge in [-0.3, -0.25) is 9.00 Å². The van der Waals surface area contributed by atoms with Crippen molar-refractivity contribution >= 4 is 34.0 Å². The van der Waals surface area contributed by atoms with Crippen LogP contribution in [0.5, 0.6) is 0 Å². The molecule has 1 aliphatic heterocycles. The molecule has 0 bridgehead atoms. The highest BCUT2D eigenvalue weighted by Gasteiger charge is 2.22. The van der Waals surface area contributed by atoms with Gasteiger partial charge in [0.05, 0.1) is 20.7 Å². The number of piperazine rings is 1. The Hall–Kier alpha value is -1.11. The van der Waals surface area contributed by atoms with Gasteiger partial charge in [-0.15, -0.1) is 0 Å². The van der Waals surface area contributed by atoms with Gasteiger partial charge in [0.15, 0.2) is 0 Å². The number of carbonyl (C=O) groups is 1. The number of nitrogens with two attached hydrogens (primary N) is 1. The highest BCUT2D eigenvalue weighted by Crippen LogP contribution is 2.22. The molecule has 1 aromatic rings. The first-order valence-electron chi connectivity index (χ1n) is 6.37. The smallest absolute Gasteiger partial charge is 0.235 e. The van der Waals surface area contributed by atoms with Gasteiger partial charge < -0.3 is 15.5 Å². The number of nitrogen functional groups attached to an aromatic ring is 1. The van der Waals surface area contributed by atoms with Crippen LogP contribution >= 0.6 is 11.6 Å². The number of anilines is 1. The molecule has 0 aromatic heterocycles. The zero-order valence-electron chi connectivity index (χ0n) is 11.3. The van der Waals surface area contributed by atoms with Gasteiger partial charge >= 0.3 is 0 Å². The van der Waals surface area contributed by atoms with Crippen molar-refractivity contribution in [2.24, 2.45) is 0 Å². The van der Waals surface area contributed by atoms with Gasteiger partial charge in [-0.05, 0) is 25.2 Å². The van der Waals surface area contributed by atoms with Crippen LogP contribution < -0.4 is 5.73 Å². The molecule has 2 N–H and O–H groups in total. The van der Waals surface area contributed by atoms with Gasteiger partial charge in [-0.25, -0.2) is 0 Å². The van der Waals surface area contributed by atoms with E-state index in [0.29, 0.717) is 28.7 Å². The first-order chi connectivity index (χ1) is 9.47. The van der Waals surface area contributed by atoms with Crippen molar-refractivity contribution in [3.8, 4) is 0 Å². The summed E-state index contributed by atoms with van der Waals surface area (Å²) >= 11 is 6.01. The molecule has 0 radical (unpaired) electrons. The van der Waals surface area contributed by atoms with Gasteiger partial charge in [0.25, 0.3) is 0 Å².